The second kappa shape index (κ2) is 4.63. The second-order valence-electron chi connectivity index (χ2n) is 2.36. The Morgan fingerprint density at radius 3 is 2.31 bits per heavy atom. The molecule has 0 bridgehead atoms. The van der Waals surface area contributed by atoms with Crippen molar-refractivity contribution in [1.82, 2.24) is 0 Å². The number of methoxy groups -OCH3 is 1. The Hall–Kier alpha value is 0.930. The van der Waals surface area contributed by atoms with Crippen molar-refractivity contribution in [2.45, 2.75) is 0 Å². The highest BCUT2D eigenvalue weighted by atomic mass is 33.7. The Labute approximate surface area is 93.0 Å². The third kappa shape index (κ3) is 2.49. The number of thiol groups is 1. The molecule has 6 heteroatoms. The summed E-state index contributed by atoms with van der Waals surface area (Å²) in [6.45, 7) is 0. The minimum Gasteiger partial charge on any atom is -0.497 e. The minimum atomic E-state index is -0.0666. The van der Waals surface area contributed by atoms with Crippen LogP contribution in [0.15, 0.2) is 24.3 Å². The third-order valence-electron chi connectivity index (χ3n) is 1.57. The highest BCUT2D eigenvalue weighted by Gasteiger charge is 2.30. The summed E-state index contributed by atoms with van der Waals surface area (Å²) < 4.78 is 5.10. The highest BCUT2D eigenvalue weighted by molar-refractivity contribution is 9.45. The lowest BCUT2D eigenvalue weighted by atomic mass is 10.3. The number of benzene rings is 1. The van der Waals surface area contributed by atoms with E-state index in [9.17, 15) is 0 Å². The van der Waals surface area contributed by atoms with Crippen molar-refractivity contribution in [3.8, 4) is 5.75 Å². The molecule has 1 nitrogen and oxygen atoms in total. The third-order valence-corrected chi connectivity index (χ3v) is 22.2. The van der Waals surface area contributed by atoms with Gasteiger partial charge in [0.2, 0.25) is 0 Å². The summed E-state index contributed by atoms with van der Waals surface area (Å²) in [4.78, 5) is 0. The lowest BCUT2D eigenvalue weighted by molar-refractivity contribution is 0.415. The van der Waals surface area contributed by atoms with Crippen molar-refractivity contribution in [3.63, 3.8) is 0 Å². The largest absolute Gasteiger partial charge is 0.497 e. The molecule has 0 aliphatic carbocycles. The van der Waals surface area contributed by atoms with E-state index < -0.39 is 0 Å². The molecule has 0 N–H and O–H groups in total. The van der Waals surface area contributed by atoms with Crippen LogP contribution in [0.25, 0.3) is 0 Å². The van der Waals surface area contributed by atoms with Crippen LogP contribution in [-0.4, -0.2) is 7.11 Å². The normalized spacial score (nSPS) is 26.6. The molecule has 13 heavy (non-hydrogen) atoms. The van der Waals surface area contributed by atoms with E-state index in [-0.39, 0.29) is 11.9 Å². The smallest absolute Gasteiger partial charge is 0.118 e. The van der Waals surface area contributed by atoms with Gasteiger partial charge >= 0.3 is 0 Å². The van der Waals surface area contributed by atoms with E-state index in [4.69, 9.17) is 4.74 Å². The van der Waals surface area contributed by atoms with Crippen molar-refractivity contribution in [2.24, 2.45) is 0 Å². The highest BCUT2D eigenvalue weighted by Crippen LogP contribution is 2.97. The fourth-order valence-corrected chi connectivity index (χ4v) is 20.0. The number of rotatable bonds is 2. The molecule has 1 aromatic carbocycles. The topological polar surface area (TPSA) is 9.23 Å². The van der Waals surface area contributed by atoms with E-state index in [1.807, 2.05) is 34.1 Å². The maximum absolute atomic E-state index is 5.10. The van der Waals surface area contributed by atoms with E-state index in [1.165, 1.54) is 5.30 Å². The first kappa shape index (κ1) is 10.4. The molecule has 70 valence electrons. The van der Waals surface area contributed by atoms with Crippen LogP contribution in [0.5, 0.6) is 5.75 Å². The Morgan fingerprint density at radius 1 is 1.23 bits per heavy atom. The Kier molecular flexibility index (Phi) is 3.72. The molecular formula is C7H8OP2S3. The van der Waals surface area contributed by atoms with Gasteiger partial charge in [0.15, 0.2) is 0 Å². The molecule has 0 atom stereocenters. The maximum Gasteiger partial charge on any atom is 0.118 e. The number of ether oxygens (including phenoxy) is 1. The van der Waals surface area contributed by atoms with Crippen molar-refractivity contribution in [3.05, 3.63) is 24.3 Å². The van der Waals surface area contributed by atoms with Crippen LogP contribution in [0.3, 0.4) is 0 Å². The van der Waals surface area contributed by atoms with Gasteiger partial charge in [-0.1, -0.05) is 22.0 Å². The van der Waals surface area contributed by atoms with Crippen LogP contribution in [0, 0.1) is 0 Å². The van der Waals surface area contributed by atoms with Gasteiger partial charge in [-0.15, -0.1) is 12.2 Å². The van der Waals surface area contributed by atoms with Gasteiger partial charge in [-0.3, -0.25) is 0 Å². The summed E-state index contributed by atoms with van der Waals surface area (Å²) >= 11 is 8.44. The Balaban J connectivity index is 2.06. The van der Waals surface area contributed by atoms with Crippen molar-refractivity contribution in [2.75, 3.05) is 7.11 Å². The lowest BCUT2D eigenvalue weighted by Crippen LogP contribution is -1.97. The quantitative estimate of drug-likeness (QED) is 0.633. The van der Waals surface area contributed by atoms with Gasteiger partial charge in [-0.05, 0) is 29.6 Å². The van der Waals surface area contributed by atoms with E-state index in [0.717, 1.165) is 5.75 Å². The summed E-state index contributed by atoms with van der Waals surface area (Å²) in [5.74, 6) is 0.933. The van der Waals surface area contributed by atoms with Gasteiger partial charge < -0.3 is 4.74 Å². The van der Waals surface area contributed by atoms with Gasteiger partial charge in [-0.2, -0.15) is 0 Å². The SMILES string of the molecule is COc1ccc(P2SP(S)S2)cc1. The standard InChI is InChI=1S/C7H8OP2S3/c1-8-6-2-4-7(5-3-6)9-12-10(11)13-9/h2-5,11H,1H3. The molecule has 0 amide bonds. The molecule has 0 aromatic heterocycles. The Bertz CT molecular complexity index is 286. The predicted molar refractivity (Wildman–Crippen MR) is 70.6 cm³/mol. The fraction of sp³-hybridized carbons (Fsp3) is 0.143. The molecule has 1 aromatic rings. The van der Waals surface area contributed by atoms with E-state index in [2.05, 4.69) is 24.4 Å². The van der Waals surface area contributed by atoms with Gasteiger partial charge in [0.05, 0.1) is 19.0 Å². The summed E-state index contributed by atoms with van der Waals surface area (Å²) in [7, 11) is 1.69. The molecule has 1 aliphatic heterocycles. The molecule has 0 spiro atoms. The summed E-state index contributed by atoms with van der Waals surface area (Å²) in [5.41, 5.74) is -0.0666. The number of hydrogen-bond acceptors (Lipinski definition) is 4. The first-order chi connectivity index (χ1) is 6.29. The molecule has 0 unspecified atom stereocenters. The van der Waals surface area contributed by atoms with E-state index in [0.29, 0.717) is 0 Å². The van der Waals surface area contributed by atoms with Crippen molar-refractivity contribution >= 4 is 51.4 Å². The summed E-state index contributed by atoms with van der Waals surface area (Å²) in [5, 5.41) is 1.43. The van der Waals surface area contributed by atoms with E-state index in [1.54, 1.807) is 7.11 Å². The maximum atomic E-state index is 5.10. The molecule has 1 saturated heterocycles. The minimum absolute atomic E-state index is 0.0195. The molecule has 1 heterocycles. The molecule has 2 rings (SSSR count). The van der Waals surface area contributed by atoms with Crippen LogP contribution in [-0.2, 0) is 0 Å². The summed E-state index contributed by atoms with van der Waals surface area (Å²) in [6, 6.07) is 8.36. The molecular weight excluding hydrogens is 258 g/mol. The van der Waals surface area contributed by atoms with Gasteiger partial charge in [0, 0.05) is 0 Å². The fourth-order valence-electron chi connectivity index (χ4n) is 0.931. The van der Waals surface area contributed by atoms with E-state index >= 15 is 0 Å². The first-order valence-electron chi connectivity index (χ1n) is 3.59. The van der Waals surface area contributed by atoms with Crippen LogP contribution in [0.1, 0.15) is 0 Å². The van der Waals surface area contributed by atoms with Crippen molar-refractivity contribution < 1.29 is 4.74 Å². The van der Waals surface area contributed by atoms with Crippen LogP contribution < -0.4 is 10.0 Å². The first-order valence-corrected chi connectivity index (χ1v) is 11.5. The van der Waals surface area contributed by atoms with Gasteiger partial charge in [0.25, 0.3) is 0 Å². The summed E-state index contributed by atoms with van der Waals surface area (Å²) in [6.07, 6.45) is -0.0195. The molecule has 0 saturated carbocycles. The molecule has 0 radical (unpaired) electrons. The zero-order valence-corrected chi connectivity index (χ0v) is 11.2. The Morgan fingerprint density at radius 2 is 1.85 bits per heavy atom. The average molecular weight is 266 g/mol. The average Bonchev–Trinajstić information content (AvgIpc) is 2.13. The van der Waals surface area contributed by atoms with Crippen LogP contribution in [0.2, 0.25) is 0 Å². The number of hydrogen-bond donors (Lipinski definition) is 1. The van der Waals surface area contributed by atoms with Crippen LogP contribution >= 0.6 is 46.1 Å². The lowest BCUT2D eigenvalue weighted by Gasteiger charge is -2.29. The van der Waals surface area contributed by atoms with Gasteiger partial charge in [-0.25, -0.2) is 0 Å². The zero-order valence-electron chi connectivity index (χ0n) is 6.88. The van der Waals surface area contributed by atoms with Crippen molar-refractivity contribution in [1.29, 1.82) is 0 Å². The predicted octanol–water partition coefficient (Wildman–Crippen LogP) is 4.27. The molecule has 1 aliphatic rings. The monoisotopic (exact) mass is 266 g/mol. The second-order valence-corrected chi connectivity index (χ2v) is 16.7. The molecule has 1 fully saturated rings. The van der Waals surface area contributed by atoms with Crippen LogP contribution in [0.4, 0.5) is 0 Å². The zero-order chi connectivity index (χ0) is 9.26. The van der Waals surface area contributed by atoms with Gasteiger partial charge in [0.1, 0.15) is 5.75 Å².